The Kier molecular flexibility index (Phi) is 11.7. The van der Waals surface area contributed by atoms with Crippen molar-refractivity contribution in [3.05, 3.63) is 125 Å². The number of hydrogen-bond acceptors (Lipinski definition) is 5. The molecule has 2 amide bonds. The number of nitrogens with one attached hydrogen (secondary N) is 1. The smallest absolute Gasteiger partial charge is 0.264 e. The number of hydrogen-bond donors (Lipinski definition) is 1. The fraction of sp³-hybridized carbons (Fsp3) is 0.297. The molecule has 8 nitrogen and oxygen atoms in total. The maximum Gasteiger partial charge on any atom is 0.264 e. The molecule has 0 saturated heterocycles. The summed E-state index contributed by atoms with van der Waals surface area (Å²) in [6.45, 7) is 1.94. The van der Waals surface area contributed by atoms with E-state index in [-0.39, 0.29) is 29.8 Å². The third-order valence-corrected chi connectivity index (χ3v) is 10.6. The molecule has 1 fully saturated rings. The van der Waals surface area contributed by atoms with E-state index in [9.17, 15) is 18.0 Å². The fourth-order valence-corrected chi connectivity index (χ4v) is 7.52. The molecule has 4 aromatic rings. The van der Waals surface area contributed by atoms with E-state index >= 15 is 0 Å². The van der Waals surface area contributed by atoms with Crippen molar-refractivity contribution < 1.29 is 22.7 Å². The van der Waals surface area contributed by atoms with Gasteiger partial charge in [0, 0.05) is 23.5 Å². The van der Waals surface area contributed by atoms with Gasteiger partial charge in [-0.2, -0.15) is 0 Å². The van der Waals surface area contributed by atoms with Crippen molar-refractivity contribution in [2.75, 3.05) is 17.5 Å². The Bertz CT molecular complexity index is 1710. The minimum atomic E-state index is -4.20. The van der Waals surface area contributed by atoms with E-state index in [1.807, 2.05) is 67.6 Å². The van der Waals surface area contributed by atoms with E-state index in [4.69, 9.17) is 4.74 Å². The first-order chi connectivity index (χ1) is 22.7. The zero-order chi connectivity index (χ0) is 33.2. The summed E-state index contributed by atoms with van der Waals surface area (Å²) in [7, 11) is -4.20. The lowest BCUT2D eigenvalue weighted by Gasteiger charge is -2.34. The number of sulfonamides is 1. The number of benzene rings is 4. The van der Waals surface area contributed by atoms with Crippen LogP contribution in [0.4, 0.5) is 5.69 Å². The summed E-state index contributed by atoms with van der Waals surface area (Å²) in [6.07, 6.45) is 4.17. The Morgan fingerprint density at radius 2 is 1.45 bits per heavy atom. The molecule has 0 heterocycles. The summed E-state index contributed by atoms with van der Waals surface area (Å²) in [5.74, 6) is -0.153. The molecule has 0 bridgehead atoms. The standard InChI is InChI=1S/C37H40BrN3O5S/c1-2-46-33-21-19-32(20-22-33)41(47(44,45)34-23-17-30(38)18-24-34)27-36(42)40(26-29-13-7-4-8-14-29)35(25-28-11-5-3-6-12-28)37(43)39-31-15-9-10-16-31/h3-8,11-14,17-24,31,35H,2,9-10,15-16,25-27H2,1H3,(H,39,43). The van der Waals surface area contributed by atoms with Crippen LogP contribution in [0, 0.1) is 0 Å². The maximum atomic E-state index is 14.6. The Balaban J connectivity index is 1.55. The molecule has 0 aliphatic heterocycles. The predicted octanol–water partition coefficient (Wildman–Crippen LogP) is 6.74. The van der Waals surface area contributed by atoms with Gasteiger partial charge >= 0.3 is 0 Å². The van der Waals surface area contributed by atoms with Gasteiger partial charge in [-0.1, -0.05) is 89.4 Å². The molecular formula is C37H40BrN3O5S. The Morgan fingerprint density at radius 1 is 0.851 bits per heavy atom. The third-order valence-electron chi connectivity index (χ3n) is 8.28. The number of amides is 2. The van der Waals surface area contributed by atoms with E-state index < -0.39 is 28.5 Å². The van der Waals surface area contributed by atoms with Crippen LogP contribution in [0.2, 0.25) is 0 Å². The summed E-state index contributed by atoms with van der Waals surface area (Å²) in [5.41, 5.74) is 2.03. The minimum Gasteiger partial charge on any atom is -0.494 e. The second-order valence-electron chi connectivity index (χ2n) is 11.6. The molecule has 0 aromatic heterocycles. The van der Waals surface area contributed by atoms with E-state index in [2.05, 4.69) is 21.2 Å². The highest BCUT2D eigenvalue weighted by atomic mass is 79.9. The second kappa shape index (κ2) is 16.1. The van der Waals surface area contributed by atoms with E-state index in [1.54, 1.807) is 36.4 Å². The Labute approximate surface area is 285 Å². The maximum absolute atomic E-state index is 14.6. The van der Waals surface area contributed by atoms with Gasteiger partial charge in [-0.25, -0.2) is 8.42 Å². The van der Waals surface area contributed by atoms with Crippen molar-refractivity contribution >= 4 is 43.5 Å². The van der Waals surface area contributed by atoms with Crippen LogP contribution >= 0.6 is 15.9 Å². The fourth-order valence-electron chi connectivity index (χ4n) is 5.84. The molecule has 246 valence electrons. The lowest BCUT2D eigenvalue weighted by atomic mass is 10.0. The number of halogens is 1. The summed E-state index contributed by atoms with van der Waals surface area (Å²) in [5, 5.41) is 3.20. The van der Waals surface area contributed by atoms with Gasteiger partial charge in [0.05, 0.1) is 17.2 Å². The predicted molar refractivity (Wildman–Crippen MR) is 188 cm³/mol. The van der Waals surface area contributed by atoms with E-state index in [1.165, 1.54) is 17.0 Å². The van der Waals surface area contributed by atoms with Gasteiger partial charge in [-0.05, 0) is 79.4 Å². The number of carbonyl (C=O) groups is 2. The first-order valence-electron chi connectivity index (χ1n) is 15.9. The molecule has 4 aromatic carbocycles. The van der Waals surface area contributed by atoms with Crippen LogP contribution in [-0.4, -0.2) is 50.4 Å². The number of ether oxygens (including phenoxy) is 1. The second-order valence-corrected chi connectivity index (χ2v) is 14.4. The lowest BCUT2D eigenvalue weighted by Crippen LogP contribution is -2.54. The van der Waals surface area contributed by atoms with E-state index in [0.717, 1.165) is 45.6 Å². The van der Waals surface area contributed by atoms with Crippen LogP contribution < -0.4 is 14.4 Å². The topological polar surface area (TPSA) is 96.0 Å². The molecule has 5 rings (SSSR count). The normalized spacial score (nSPS) is 13.9. The molecule has 0 radical (unpaired) electrons. The first-order valence-corrected chi connectivity index (χ1v) is 18.2. The molecular weight excluding hydrogens is 678 g/mol. The van der Waals surface area contributed by atoms with Crippen LogP contribution in [0.15, 0.2) is 119 Å². The van der Waals surface area contributed by atoms with Crippen molar-refractivity contribution in [2.45, 2.75) is 62.6 Å². The molecule has 47 heavy (non-hydrogen) atoms. The van der Waals surface area contributed by atoms with Crippen LogP contribution in [0.25, 0.3) is 0 Å². The van der Waals surface area contributed by atoms with Crippen LogP contribution in [0.3, 0.4) is 0 Å². The Morgan fingerprint density at radius 3 is 2.04 bits per heavy atom. The van der Waals surface area contributed by atoms with Crippen molar-refractivity contribution in [1.29, 1.82) is 0 Å². The molecule has 1 aliphatic carbocycles. The highest BCUT2D eigenvalue weighted by Gasteiger charge is 2.35. The minimum absolute atomic E-state index is 0.0387. The molecule has 1 atom stereocenters. The molecule has 1 aliphatic rings. The molecule has 1 unspecified atom stereocenters. The zero-order valence-electron chi connectivity index (χ0n) is 26.4. The van der Waals surface area contributed by atoms with Crippen molar-refractivity contribution in [2.24, 2.45) is 0 Å². The average Bonchev–Trinajstić information content (AvgIpc) is 3.60. The van der Waals surface area contributed by atoms with Crippen molar-refractivity contribution in [3.63, 3.8) is 0 Å². The number of anilines is 1. The Hall–Kier alpha value is -4.15. The highest BCUT2D eigenvalue weighted by molar-refractivity contribution is 9.10. The van der Waals surface area contributed by atoms with Gasteiger partial charge in [0.25, 0.3) is 10.0 Å². The van der Waals surface area contributed by atoms with Gasteiger partial charge in [-0.15, -0.1) is 0 Å². The molecule has 1 N–H and O–H groups in total. The van der Waals surface area contributed by atoms with Gasteiger partial charge in [0.15, 0.2) is 0 Å². The highest BCUT2D eigenvalue weighted by Crippen LogP contribution is 2.28. The van der Waals surface area contributed by atoms with Crippen molar-refractivity contribution in [3.8, 4) is 5.75 Å². The first kappa shape index (κ1) is 34.2. The molecule has 1 saturated carbocycles. The number of carbonyl (C=O) groups excluding carboxylic acids is 2. The number of nitrogens with zero attached hydrogens (tertiary/aromatic N) is 2. The van der Waals surface area contributed by atoms with Gasteiger partial charge in [0.2, 0.25) is 11.8 Å². The summed E-state index contributed by atoms with van der Waals surface area (Å²) >= 11 is 3.37. The number of rotatable bonds is 14. The van der Waals surface area contributed by atoms with E-state index in [0.29, 0.717) is 18.0 Å². The van der Waals surface area contributed by atoms with Crippen LogP contribution in [0.5, 0.6) is 5.75 Å². The van der Waals surface area contributed by atoms with Crippen molar-refractivity contribution in [1.82, 2.24) is 10.2 Å². The summed E-state index contributed by atoms with van der Waals surface area (Å²) in [6, 6.07) is 31.1. The third kappa shape index (κ3) is 9.02. The van der Waals surface area contributed by atoms with Gasteiger partial charge in [-0.3, -0.25) is 13.9 Å². The molecule has 10 heteroatoms. The van der Waals surface area contributed by atoms with Crippen LogP contribution in [-0.2, 0) is 32.6 Å². The monoisotopic (exact) mass is 717 g/mol. The largest absolute Gasteiger partial charge is 0.494 e. The zero-order valence-corrected chi connectivity index (χ0v) is 28.8. The molecule has 0 spiro atoms. The van der Waals surface area contributed by atoms with Crippen LogP contribution in [0.1, 0.15) is 43.7 Å². The van der Waals surface area contributed by atoms with Gasteiger partial charge < -0.3 is 15.0 Å². The lowest BCUT2D eigenvalue weighted by molar-refractivity contribution is -0.140. The summed E-state index contributed by atoms with van der Waals surface area (Å²) < 4.78 is 35.9. The summed E-state index contributed by atoms with van der Waals surface area (Å²) in [4.78, 5) is 30.3. The van der Waals surface area contributed by atoms with Gasteiger partial charge in [0.1, 0.15) is 18.3 Å². The average molecular weight is 719 g/mol. The quantitative estimate of drug-likeness (QED) is 0.156. The SMILES string of the molecule is CCOc1ccc(N(CC(=O)N(Cc2ccccc2)C(Cc2ccccc2)C(=O)NC2CCCC2)S(=O)(=O)c2ccc(Br)cc2)cc1.